The van der Waals surface area contributed by atoms with Crippen molar-refractivity contribution in [1.82, 2.24) is 0 Å². The molecule has 0 saturated carbocycles. The highest BCUT2D eigenvalue weighted by Crippen LogP contribution is 2.15. The second kappa shape index (κ2) is 8.69. The van der Waals surface area contributed by atoms with E-state index in [0.29, 0.717) is 0 Å². The van der Waals surface area contributed by atoms with Gasteiger partial charge >= 0.3 is 0 Å². The summed E-state index contributed by atoms with van der Waals surface area (Å²) in [4.78, 5) is 0. The number of rotatable bonds is 8. The molecule has 0 aliphatic heterocycles. The van der Waals surface area contributed by atoms with Crippen LogP contribution in [0.25, 0.3) is 0 Å². The molecule has 0 saturated heterocycles. The SMILES string of the molecule is CC(C)CCCCCSCc1ccccc1. The first-order valence-corrected chi connectivity index (χ1v) is 7.56. The Labute approximate surface area is 105 Å². The van der Waals surface area contributed by atoms with Crippen LogP contribution in [0.2, 0.25) is 0 Å². The van der Waals surface area contributed by atoms with Crippen molar-refractivity contribution in [3.8, 4) is 0 Å². The van der Waals surface area contributed by atoms with Crippen molar-refractivity contribution < 1.29 is 0 Å². The summed E-state index contributed by atoms with van der Waals surface area (Å²) in [6.07, 6.45) is 5.58. The predicted molar refractivity (Wildman–Crippen MR) is 75.9 cm³/mol. The molecule has 0 heterocycles. The Bertz CT molecular complexity index is 253. The van der Waals surface area contributed by atoms with Crippen LogP contribution >= 0.6 is 11.8 Å². The molecule has 0 bridgehead atoms. The van der Waals surface area contributed by atoms with Crippen molar-refractivity contribution in [3.63, 3.8) is 0 Å². The highest BCUT2D eigenvalue weighted by molar-refractivity contribution is 7.98. The van der Waals surface area contributed by atoms with Crippen LogP contribution in [0.1, 0.15) is 45.1 Å². The lowest BCUT2D eigenvalue weighted by Crippen LogP contribution is -1.88. The van der Waals surface area contributed by atoms with Crippen molar-refractivity contribution in [1.29, 1.82) is 0 Å². The van der Waals surface area contributed by atoms with Crippen LogP contribution in [0, 0.1) is 5.92 Å². The molecule has 0 spiro atoms. The maximum Gasteiger partial charge on any atom is 0.0184 e. The van der Waals surface area contributed by atoms with Gasteiger partial charge in [0.1, 0.15) is 0 Å². The fraction of sp³-hybridized carbons (Fsp3) is 0.600. The molecule has 0 amide bonds. The Kier molecular flexibility index (Phi) is 7.41. The van der Waals surface area contributed by atoms with Gasteiger partial charge in [0.05, 0.1) is 0 Å². The minimum atomic E-state index is 0.872. The molecule has 1 heteroatoms. The van der Waals surface area contributed by atoms with E-state index in [1.165, 1.54) is 42.8 Å². The largest absolute Gasteiger partial charge is 0.157 e. The average molecular weight is 236 g/mol. The van der Waals surface area contributed by atoms with E-state index in [0.717, 1.165) is 5.92 Å². The molecule has 0 radical (unpaired) electrons. The summed E-state index contributed by atoms with van der Waals surface area (Å²) in [6.45, 7) is 4.62. The number of benzene rings is 1. The van der Waals surface area contributed by atoms with E-state index in [4.69, 9.17) is 0 Å². The zero-order valence-electron chi connectivity index (χ0n) is 10.6. The molecule has 0 fully saturated rings. The predicted octanol–water partition coefficient (Wildman–Crippen LogP) is 5.14. The first-order chi connectivity index (χ1) is 7.79. The van der Waals surface area contributed by atoms with Crippen LogP contribution in [-0.2, 0) is 5.75 Å². The Morgan fingerprint density at radius 3 is 2.44 bits per heavy atom. The van der Waals surface area contributed by atoms with Crippen molar-refractivity contribution in [2.75, 3.05) is 5.75 Å². The maximum atomic E-state index is 2.31. The van der Waals surface area contributed by atoms with Gasteiger partial charge in [-0.3, -0.25) is 0 Å². The van der Waals surface area contributed by atoms with Gasteiger partial charge in [0.15, 0.2) is 0 Å². The van der Waals surface area contributed by atoms with Gasteiger partial charge in [-0.1, -0.05) is 63.4 Å². The first-order valence-electron chi connectivity index (χ1n) is 6.40. The van der Waals surface area contributed by atoms with Crippen LogP contribution in [0.3, 0.4) is 0 Å². The van der Waals surface area contributed by atoms with Crippen LogP contribution in [0.15, 0.2) is 30.3 Å². The molecule has 0 unspecified atom stereocenters. The van der Waals surface area contributed by atoms with Gasteiger partial charge < -0.3 is 0 Å². The standard InChI is InChI=1S/C15H24S/c1-14(2)9-5-4-8-12-16-13-15-10-6-3-7-11-15/h3,6-7,10-11,14H,4-5,8-9,12-13H2,1-2H3. The molecule has 0 N–H and O–H groups in total. The molecule has 0 aliphatic rings. The third kappa shape index (κ3) is 6.95. The molecule has 1 rings (SSSR count). The van der Waals surface area contributed by atoms with Crippen molar-refractivity contribution in [2.45, 2.75) is 45.3 Å². The third-order valence-corrected chi connectivity index (χ3v) is 3.80. The fourth-order valence-electron chi connectivity index (χ4n) is 1.70. The van der Waals surface area contributed by atoms with Gasteiger partial charge in [-0.05, 0) is 23.7 Å². The van der Waals surface area contributed by atoms with E-state index in [9.17, 15) is 0 Å². The summed E-state index contributed by atoms with van der Waals surface area (Å²) >= 11 is 2.07. The molecule has 0 nitrogen and oxygen atoms in total. The van der Waals surface area contributed by atoms with Crippen molar-refractivity contribution >= 4 is 11.8 Å². The van der Waals surface area contributed by atoms with Gasteiger partial charge in [0.25, 0.3) is 0 Å². The monoisotopic (exact) mass is 236 g/mol. The fourth-order valence-corrected chi connectivity index (χ4v) is 2.68. The van der Waals surface area contributed by atoms with Crippen LogP contribution < -0.4 is 0 Å². The zero-order valence-corrected chi connectivity index (χ0v) is 11.4. The topological polar surface area (TPSA) is 0 Å². The number of hydrogen-bond acceptors (Lipinski definition) is 1. The molecule has 1 aromatic carbocycles. The molecule has 16 heavy (non-hydrogen) atoms. The van der Waals surface area contributed by atoms with E-state index in [2.05, 4.69) is 55.9 Å². The van der Waals surface area contributed by atoms with Crippen LogP contribution in [-0.4, -0.2) is 5.75 Å². The van der Waals surface area contributed by atoms with E-state index in [-0.39, 0.29) is 0 Å². The lowest BCUT2D eigenvalue weighted by molar-refractivity contribution is 0.535. The molecule has 0 atom stereocenters. The molecular formula is C15H24S. The summed E-state index contributed by atoms with van der Waals surface area (Å²) in [5, 5.41) is 0. The summed E-state index contributed by atoms with van der Waals surface area (Å²) in [5.41, 5.74) is 1.45. The lowest BCUT2D eigenvalue weighted by atomic mass is 10.1. The number of thioether (sulfide) groups is 1. The van der Waals surface area contributed by atoms with Crippen molar-refractivity contribution in [2.24, 2.45) is 5.92 Å². The highest BCUT2D eigenvalue weighted by Gasteiger charge is 1.95. The molecule has 90 valence electrons. The second-order valence-corrected chi connectivity index (χ2v) is 5.89. The molecule has 1 aromatic rings. The minimum Gasteiger partial charge on any atom is -0.157 e. The van der Waals surface area contributed by atoms with Gasteiger partial charge in [-0.15, -0.1) is 0 Å². The lowest BCUT2D eigenvalue weighted by Gasteiger charge is -2.04. The van der Waals surface area contributed by atoms with E-state index in [1.807, 2.05) is 0 Å². The second-order valence-electron chi connectivity index (χ2n) is 4.78. The van der Waals surface area contributed by atoms with Gasteiger partial charge in [0, 0.05) is 5.75 Å². The van der Waals surface area contributed by atoms with Gasteiger partial charge in [-0.25, -0.2) is 0 Å². The van der Waals surface area contributed by atoms with Crippen LogP contribution in [0.5, 0.6) is 0 Å². The Morgan fingerprint density at radius 2 is 1.75 bits per heavy atom. The maximum absolute atomic E-state index is 2.31. The number of unbranched alkanes of at least 4 members (excludes halogenated alkanes) is 2. The molecular weight excluding hydrogens is 212 g/mol. The van der Waals surface area contributed by atoms with E-state index < -0.39 is 0 Å². The smallest absolute Gasteiger partial charge is 0.0184 e. The van der Waals surface area contributed by atoms with Crippen LogP contribution in [0.4, 0.5) is 0 Å². The molecule has 0 aromatic heterocycles. The van der Waals surface area contributed by atoms with E-state index in [1.54, 1.807) is 0 Å². The van der Waals surface area contributed by atoms with Gasteiger partial charge in [0.2, 0.25) is 0 Å². The number of hydrogen-bond donors (Lipinski definition) is 0. The summed E-state index contributed by atoms with van der Waals surface area (Å²) in [6, 6.07) is 10.8. The van der Waals surface area contributed by atoms with Gasteiger partial charge in [-0.2, -0.15) is 11.8 Å². The summed E-state index contributed by atoms with van der Waals surface area (Å²) in [7, 11) is 0. The highest BCUT2D eigenvalue weighted by atomic mass is 32.2. The minimum absolute atomic E-state index is 0.872. The normalized spacial score (nSPS) is 10.9. The molecule has 0 aliphatic carbocycles. The summed E-state index contributed by atoms with van der Waals surface area (Å²) < 4.78 is 0. The third-order valence-electron chi connectivity index (χ3n) is 2.68. The van der Waals surface area contributed by atoms with Crippen molar-refractivity contribution in [3.05, 3.63) is 35.9 Å². The first kappa shape index (κ1) is 13.6. The Morgan fingerprint density at radius 1 is 1.00 bits per heavy atom. The zero-order chi connectivity index (χ0) is 11.6. The average Bonchev–Trinajstić information content (AvgIpc) is 2.29. The Hall–Kier alpha value is -0.430. The quantitative estimate of drug-likeness (QED) is 0.563. The van der Waals surface area contributed by atoms with E-state index >= 15 is 0 Å². The Balaban J connectivity index is 1.93. The summed E-state index contributed by atoms with van der Waals surface area (Å²) in [5.74, 6) is 3.36.